The Balaban J connectivity index is 6.97. The van der Waals surface area contributed by atoms with E-state index in [0.717, 1.165) is 7.96 Å². The molecule has 29 heteroatoms. The van der Waals surface area contributed by atoms with E-state index in [1.165, 1.54) is 0 Å². The van der Waals surface area contributed by atoms with Gasteiger partial charge in [-0.1, -0.05) is 0 Å². The van der Waals surface area contributed by atoms with Gasteiger partial charge in [0, 0.05) is 0 Å². The van der Waals surface area contributed by atoms with Crippen LogP contribution >= 0.6 is 233 Å². The molecular weight excluding hydrogens is 898 g/mol. The Bertz CT molecular complexity index is 368. The van der Waals surface area contributed by atoms with Crippen molar-refractivity contribution in [1.29, 1.82) is 0 Å². The summed E-state index contributed by atoms with van der Waals surface area (Å²) in [5.74, 6) is 0. The Morgan fingerprint density at radius 3 is 0.759 bits per heavy atom. The molecule has 176 valence electrons. The van der Waals surface area contributed by atoms with Gasteiger partial charge in [0.25, 0.3) is 0 Å². The molecule has 0 saturated carbocycles. The predicted octanol–water partition coefficient (Wildman–Crippen LogP) is 16.9. The molecule has 0 amide bonds. The van der Waals surface area contributed by atoms with Gasteiger partial charge in [0.05, 0.1) is 0 Å². The highest BCUT2D eigenvalue weighted by Crippen LogP contribution is 3.37. The van der Waals surface area contributed by atoms with Gasteiger partial charge in [0.15, 0.2) is 0 Å². The number of hydrogen-bond acceptors (Lipinski definition) is 0. The molecular formula is H30P29-. The summed E-state index contributed by atoms with van der Waals surface area (Å²) in [5, 5.41) is 0. The summed E-state index contributed by atoms with van der Waals surface area (Å²) in [4.78, 5) is 0. The molecule has 0 aromatic carbocycles. The summed E-state index contributed by atoms with van der Waals surface area (Å²) >= 11 is 0. The summed E-state index contributed by atoms with van der Waals surface area (Å²) in [6, 6.07) is 0. The van der Waals surface area contributed by atoms with Gasteiger partial charge in [-0.05, 0) is 90.8 Å². The van der Waals surface area contributed by atoms with Gasteiger partial charge in [-0.3, -0.25) is 7.96 Å². The van der Waals surface area contributed by atoms with Crippen LogP contribution in [0.2, 0.25) is 0 Å². The van der Waals surface area contributed by atoms with E-state index in [1.807, 2.05) is 0 Å². The van der Waals surface area contributed by atoms with Gasteiger partial charge in [0.2, 0.25) is 0 Å². The monoisotopic (exact) mass is 928 g/mol. The highest BCUT2D eigenvalue weighted by molar-refractivity contribution is 9.43. The normalized spacial score (nSPS) is 16.3. The fourth-order valence-corrected chi connectivity index (χ4v) is 375. The van der Waals surface area contributed by atoms with Crippen LogP contribution in [0.15, 0.2) is 0 Å². The van der Waals surface area contributed by atoms with E-state index >= 15 is 0 Å². The second-order valence-electron chi connectivity index (χ2n) is 4.40. The van der Waals surface area contributed by atoms with Crippen molar-refractivity contribution in [1.82, 2.24) is 0 Å². The van der Waals surface area contributed by atoms with Gasteiger partial charge < -0.3 is 8.93 Å². The Kier molecular flexibility index (Phi) is 32.7. The lowest BCUT2D eigenvalue weighted by Crippen LogP contribution is -1.63. The summed E-state index contributed by atoms with van der Waals surface area (Å²) in [7, 11) is 50.8. The van der Waals surface area contributed by atoms with E-state index < -0.39 is 0 Å². The minimum atomic E-state index is -0.0506. The van der Waals surface area contributed by atoms with E-state index in [2.05, 4.69) is 134 Å². The molecule has 0 N–H and O–H groups in total. The summed E-state index contributed by atoms with van der Waals surface area (Å²) in [6.45, 7) is -0.0528. The van der Waals surface area contributed by atoms with E-state index in [0.29, 0.717) is 0 Å². The van der Waals surface area contributed by atoms with Crippen molar-refractivity contribution in [2.24, 2.45) is 0 Å². The summed E-state index contributed by atoms with van der Waals surface area (Å²) < 4.78 is 0. The largest absolute Gasteiger partial charge is 0.524 e. The average Bonchev–Trinajstić information content (AvgIpc) is 2.51. The van der Waals surface area contributed by atoms with Crippen molar-refractivity contribution < 1.29 is 0 Å². The third-order valence-electron chi connectivity index (χ3n) is 2.37. The zero-order valence-corrected chi connectivity index (χ0v) is 44.7. The number of rotatable bonds is 13. The van der Waals surface area contributed by atoms with Crippen LogP contribution in [0.4, 0.5) is 0 Å². The minimum absolute atomic E-state index is 0.0425. The van der Waals surface area contributed by atoms with Gasteiger partial charge in [-0.15, -0.1) is 125 Å². The molecule has 0 nitrogen and oxygen atoms in total. The van der Waals surface area contributed by atoms with Crippen LogP contribution in [0.25, 0.3) is 0 Å². The lowest BCUT2D eigenvalue weighted by molar-refractivity contribution is 4.43. The first-order valence-electron chi connectivity index (χ1n) is 6.49. The highest BCUT2D eigenvalue weighted by atomic mass is 33.5. The first kappa shape index (κ1) is 41.5. The van der Waals surface area contributed by atoms with Crippen molar-refractivity contribution in [2.45, 2.75) is 0 Å². The van der Waals surface area contributed by atoms with Crippen molar-refractivity contribution in [2.75, 3.05) is 0 Å². The van der Waals surface area contributed by atoms with E-state index in [9.17, 15) is 0 Å². The molecule has 0 bridgehead atoms. The molecule has 17 unspecified atom stereocenters. The second kappa shape index (κ2) is 22.9. The molecule has 0 spiro atoms. The molecule has 0 aliphatic heterocycles. The Morgan fingerprint density at radius 1 is 0.345 bits per heavy atom. The number of hydrogen-bond donors (Lipinski definition) is 0. The Hall–Kier alpha value is 12.5. The molecule has 0 fully saturated rings. The standard InChI is InChI=1S/H30P29/c1-16-24(17(2)3)28(25(18(4)5)19(6)7)29(26(20(8)9)21(10)11)27(22(12)13)23(14)15/h1,16H,2-15H2/q-1. The average molecular weight is 928 g/mol. The van der Waals surface area contributed by atoms with E-state index in [1.54, 1.807) is 0 Å². The zero-order valence-electron chi connectivity index (χ0n) is 14.9. The Labute approximate surface area is 230 Å². The maximum absolute atomic E-state index is 4.12. The molecule has 29 heavy (non-hydrogen) atoms. The third kappa shape index (κ3) is 15.3. The lowest BCUT2D eigenvalue weighted by atomic mass is 28.5. The molecule has 17 atom stereocenters. The quantitative estimate of drug-likeness (QED) is 0.162. The first-order chi connectivity index (χ1) is 13.2. The third-order valence-corrected chi connectivity index (χ3v) is 192. The second-order valence-corrected chi connectivity index (χ2v) is 119. The molecule has 0 aliphatic rings. The molecule has 0 aromatic rings. The van der Waals surface area contributed by atoms with Crippen LogP contribution in [0.1, 0.15) is 0 Å². The summed E-state index contributed by atoms with van der Waals surface area (Å²) in [6.07, 6.45) is 0. The Morgan fingerprint density at radius 2 is 0.586 bits per heavy atom. The smallest absolute Gasteiger partial charge is 0.000457 e. The minimum Gasteiger partial charge on any atom is -0.524 e. The van der Waals surface area contributed by atoms with Crippen LogP contribution in [0, 0.1) is 0 Å². The maximum atomic E-state index is 4.12. The lowest BCUT2D eigenvalue weighted by Gasteiger charge is -2.52. The fourth-order valence-electron chi connectivity index (χ4n) is 1.54. The molecule has 0 saturated heterocycles. The van der Waals surface area contributed by atoms with Crippen LogP contribution < -0.4 is 0 Å². The van der Waals surface area contributed by atoms with Crippen LogP contribution in [0.3, 0.4) is 0 Å². The van der Waals surface area contributed by atoms with Crippen molar-refractivity contribution in [3.8, 4) is 0 Å². The van der Waals surface area contributed by atoms with Gasteiger partial charge >= 0.3 is 0 Å². The van der Waals surface area contributed by atoms with Crippen molar-refractivity contribution >= 4 is 233 Å². The molecule has 0 rings (SSSR count). The molecule has 0 radical (unpaired) electrons. The zero-order chi connectivity index (χ0) is 23.2. The van der Waals surface area contributed by atoms with Crippen LogP contribution in [-0.4, -0.2) is 0 Å². The topological polar surface area (TPSA) is 0 Å². The molecule has 0 aliphatic carbocycles. The van der Waals surface area contributed by atoms with Crippen molar-refractivity contribution in [3.63, 3.8) is 0 Å². The molecule has 0 aromatic heterocycles. The van der Waals surface area contributed by atoms with Gasteiger partial charge in [-0.2, -0.15) is 0 Å². The first-order valence-corrected chi connectivity index (χ1v) is 58.4. The van der Waals surface area contributed by atoms with Gasteiger partial charge in [0.1, 0.15) is 0 Å². The van der Waals surface area contributed by atoms with Crippen molar-refractivity contribution in [3.05, 3.63) is 0 Å². The van der Waals surface area contributed by atoms with E-state index in [4.69, 9.17) is 0 Å². The molecule has 0 heterocycles. The fraction of sp³-hybridized carbons (Fsp3) is 0. The SMILES string of the molecule is [PH-]PP(P(P)P)P(P(P(P)P)P(P)P)P(P(P(P)P)P(P)P)P(P(P)P)P(P)P. The van der Waals surface area contributed by atoms with Crippen LogP contribution in [0.5, 0.6) is 0 Å². The predicted molar refractivity (Wildman–Crippen MR) is 243 cm³/mol. The maximum Gasteiger partial charge on any atom is -0.000457 e. The van der Waals surface area contributed by atoms with Gasteiger partial charge in [-0.25, -0.2) is 0 Å². The highest BCUT2D eigenvalue weighted by Gasteiger charge is 2.49. The summed E-state index contributed by atoms with van der Waals surface area (Å²) in [5.41, 5.74) is 0. The van der Waals surface area contributed by atoms with E-state index in [-0.39, 0.29) is 90.8 Å². The van der Waals surface area contributed by atoms with Crippen LogP contribution in [-0.2, 0) is 0 Å².